The molecule has 0 saturated carbocycles. The van der Waals surface area contributed by atoms with E-state index in [4.69, 9.17) is 9.72 Å². The van der Waals surface area contributed by atoms with E-state index in [0.29, 0.717) is 11.6 Å². The fourth-order valence-corrected chi connectivity index (χ4v) is 4.42. The molecule has 1 aliphatic heterocycles. The number of fused-ring (bicyclic) bond motifs is 1. The summed E-state index contributed by atoms with van der Waals surface area (Å²) in [6.45, 7) is 7.80. The third-order valence-corrected chi connectivity index (χ3v) is 5.94. The summed E-state index contributed by atoms with van der Waals surface area (Å²) in [4.78, 5) is 16.5. The molecule has 0 amide bonds. The number of aromatic nitrogens is 1. The lowest BCUT2D eigenvalue weighted by atomic mass is 9.89. The van der Waals surface area contributed by atoms with E-state index in [-0.39, 0.29) is 11.6 Å². The number of hydrogen-bond donors (Lipinski definition) is 2. The lowest BCUT2D eigenvalue weighted by Gasteiger charge is -2.25. The number of pyridine rings is 1. The Morgan fingerprint density at radius 3 is 2.77 bits per heavy atom. The van der Waals surface area contributed by atoms with Gasteiger partial charge in [-0.15, -0.1) is 0 Å². The first kappa shape index (κ1) is 20.4. The van der Waals surface area contributed by atoms with Crippen LogP contribution in [-0.4, -0.2) is 29.3 Å². The van der Waals surface area contributed by atoms with Crippen molar-refractivity contribution in [3.63, 3.8) is 0 Å². The maximum Gasteiger partial charge on any atom is 0.337 e. The third kappa shape index (κ3) is 4.03. The van der Waals surface area contributed by atoms with Crippen LogP contribution in [0.3, 0.4) is 0 Å². The van der Waals surface area contributed by atoms with Gasteiger partial charge in [-0.05, 0) is 74.6 Å². The molecule has 5 nitrogen and oxygen atoms in total. The molecule has 2 N–H and O–H groups in total. The quantitative estimate of drug-likeness (QED) is 0.578. The molecule has 0 spiro atoms. The van der Waals surface area contributed by atoms with Gasteiger partial charge in [-0.2, -0.15) is 0 Å². The van der Waals surface area contributed by atoms with Crippen molar-refractivity contribution < 1.29 is 14.6 Å². The summed E-state index contributed by atoms with van der Waals surface area (Å²) in [7, 11) is 0. The maximum absolute atomic E-state index is 11.6. The van der Waals surface area contributed by atoms with E-state index in [0.717, 1.165) is 53.8 Å². The average Bonchev–Trinajstić information content (AvgIpc) is 2.73. The second-order valence-corrected chi connectivity index (χ2v) is 8.21. The highest BCUT2D eigenvalue weighted by molar-refractivity contribution is 5.94. The molecule has 5 heteroatoms. The molecule has 2 atom stereocenters. The predicted octanol–water partition coefficient (Wildman–Crippen LogP) is 5.62. The Bertz CT molecular complexity index is 1090. The summed E-state index contributed by atoms with van der Waals surface area (Å²) in [6.07, 6.45) is 2.20. The van der Waals surface area contributed by atoms with Crippen molar-refractivity contribution >= 4 is 22.6 Å². The number of benzene rings is 2. The molecule has 30 heavy (non-hydrogen) atoms. The molecule has 1 saturated heterocycles. The first-order chi connectivity index (χ1) is 14.4. The first-order valence-corrected chi connectivity index (χ1v) is 10.5. The van der Waals surface area contributed by atoms with Crippen LogP contribution >= 0.6 is 0 Å². The number of hydrogen-bond acceptors (Lipinski definition) is 4. The van der Waals surface area contributed by atoms with Crippen LogP contribution in [0.5, 0.6) is 0 Å². The number of carbonyl (C=O) groups is 1. The van der Waals surface area contributed by atoms with Gasteiger partial charge in [0.1, 0.15) is 0 Å². The molecule has 3 aromatic rings. The van der Waals surface area contributed by atoms with Gasteiger partial charge >= 0.3 is 5.97 Å². The monoisotopic (exact) mass is 404 g/mol. The summed E-state index contributed by atoms with van der Waals surface area (Å²) in [6, 6.07) is 13.5. The highest BCUT2D eigenvalue weighted by Gasteiger charge is 2.21. The van der Waals surface area contributed by atoms with E-state index >= 15 is 0 Å². The van der Waals surface area contributed by atoms with E-state index in [9.17, 15) is 9.90 Å². The standard InChI is InChI=1S/C25H28N2O3/c1-15-11-21(17(3)26-23-9-5-4-8-19(23)25(28)29)22-13-20(16(2)27-24(22)12-15)18-7-6-10-30-14-18/h4-5,8-9,11-13,17-18,26H,6-7,10,14H2,1-3H3,(H,28,29). The van der Waals surface area contributed by atoms with Crippen LogP contribution in [0.1, 0.15) is 64.5 Å². The van der Waals surface area contributed by atoms with Gasteiger partial charge in [0.25, 0.3) is 0 Å². The number of rotatable bonds is 5. The lowest BCUT2D eigenvalue weighted by Crippen LogP contribution is -2.17. The van der Waals surface area contributed by atoms with Gasteiger partial charge in [-0.3, -0.25) is 4.98 Å². The van der Waals surface area contributed by atoms with Crippen molar-refractivity contribution in [3.05, 3.63) is 70.4 Å². The number of aromatic carboxylic acids is 1. The van der Waals surface area contributed by atoms with Gasteiger partial charge in [-0.25, -0.2) is 4.79 Å². The summed E-state index contributed by atoms with van der Waals surface area (Å²) < 4.78 is 5.72. The molecule has 1 fully saturated rings. The van der Waals surface area contributed by atoms with Gasteiger partial charge in [0.05, 0.1) is 17.7 Å². The van der Waals surface area contributed by atoms with Crippen molar-refractivity contribution in [2.45, 2.75) is 45.6 Å². The molecular formula is C25H28N2O3. The van der Waals surface area contributed by atoms with Gasteiger partial charge in [0.2, 0.25) is 0 Å². The highest BCUT2D eigenvalue weighted by atomic mass is 16.5. The Morgan fingerprint density at radius 2 is 2.03 bits per heavy atom. The number of carboxylic acid groups (broad SMARTS) is 1. The van der Waals surface area contributed by atoms with Crippen LogP contribution in [0, 0.1) is 13.8 Å². The van der Waals surface area contributed by atoms with E-state index in [2.05, 4.69) is 44.3 Å². The van der Waals surface area contributed by atoms with Crippen LogP contribution in [0.2, 0.25) is 0 Å². The Hall–Kier alpha value is -2.92. The number of nitrogens with zero attached hydrogens (tertiary/aromatic N) is 1. The number of carboxylic acids is 1. The second kappa shape index (κ2) is 8.44. The Morgan fingerprint density at radius 1 is 1.23 bits per heavy atom. The molecule has 156 valence electrons. The normalized spacial score (nSPS) is 17.6. The van der Waals surface area contributed by atoms with Gasteiger partial charge in [0, 0.05) is 35.3 Å². The van der Waals surface area contributed by atoms with Crippen LogP contribution < -0.4 is 5.32 Å². The van der Waals surface area contributed by atoms with E-state index < -0.39 is 5.97 Å². The minimum Gasteiger partial charge on any atom is -0.478 e. The topological polar surface area (TPSA) is 71.5 Å². The summed E-state index contributed by atoms with van der Waals surface area (Å²) in [5.74, 6) is -0.558. The fourth-order valence-electron chi connectivity index (χ4n) is 4.42. The molecule has 0 aliphatic carbocycles. The van der Waals surface area contributed by atoms with Gasteiger partial charge < -0.3 is 15.2 Å². The van der Waals surface area contributed by atoms with Crippen molar-refractivity contribution in [1.82, 2.24) is 4.98 Å². The molecule has 4 rings (SSSR count). The number of ether oxygens (including phenoxy) is 1. The van der Waals surface area contributed by atoms with Crippen LogP contribution in [0.4, 0.5) is 5.69 Å². The molecule has 0 radical (unpaired) electrons. The van der Waals surface area contributed by atoms with Crippen molar-refractivity contribution in [3.8, 4) is 0 Å². The van der Waals surface area contributed by atoms with Crippen LogP contribution in [0.15, 0.2) is 42.5 Å². The maximum atomic E-state index is 11.6. The largest absolute Gasteiger partial charge is 0.478 e. The second-order valence-electron chi connectivity index (χ2n) is 8.21. The molecule has 2 unspecified atom stereocenters. The SMILES string of the molecule is Cc1cc(C(C)Nc2ccccc2C(=O)O)c2cc(C3CCCOC3)c(C)nc2c1. The smallest absolute Gasteiger partial charge is 0.337 e. The summed E-state index contributed by atoms with van der Waals surface area (Å²) in [5.41, 5.74) is 6.44. The van der Waals surface area contributed by atoms with Gasteiger partial charge in [-0.1, -0.05) is 18.2 Å². The number of aryl methyl sites for hydroxylation is 2. The molecule has 1 aromatic heterocycles. The average molecular weight is 405 g/mol. The first-order valence-electron chi connectivity index (χ1n) is 10.5. The number of anilines is 1. The molecule has 0 bridgehead atoms. The zero-order valence-corrected chi connectivity index (χ0v) is 17.7. The van der Waals surface area contributed by atoms with E-state index in [1.807, 2.05) is 12.1 Å². The van der Waals surface area contributed by atoms with Crippen molar-refractivity contribution in [2.24, 2.45) is 0 Å². The zero-order chi connectivity index (χ0) is 21.3. The van der Waals surface area contributed by atoms with Gasteiger partial charge in [0.15, 0.2) is 0 Å². The zero-order valence-electron chi connectivity index (χ0n) is 17.7. The van der Waals surface area contributed by atoms with Crippen molar-refractivity contribution in [2.75, 3.05) is 18.5 Å². The molecular weight excluding hydrogens is 376 g/mol. The minimum absolute atomic E-state index is 0.0761. The van der Waals surface area contributed by atoms with E-state index in [1.165, 1.54) is 5.56 Å². The number of nitrogens with one attached hydrogen (secondary N) is 1. The summed E-state index contributed by atoms with van der Waals surface area (Å²) >= 11 is 0. The fraction of sp³-hybridized carbons (Fsp3) is 0.360. The number of para-hydroxylation sites is 1. The lowest BCUT2D eigenvalue weighted by molar-refractivity contribution is 0.0698. The van der Waals surface area contributed by atoms with Crippen molar-refractivity contribution in [1.29, 1.82) is 0 Å². The Labute approximate surface area is 177 Å². The minimum atomic E-state index is -0.934. The Balaban J connectivity index is 1.76. The van der Waals surface area contributed by atoms with Crippen LogP contribution in [-0.2, 0) is 4.74 Å². The highest BCUT2D eigenvalue weighted by Crippen LogP contribution is 2.34. The molecule has 1 aliphatic rings. The van der Waals surface area contributed by atoms with E-state index in [1.54, 1.807) is 12.1 Å². The molecule has 2 heterocycles. The summed E-state index contributed by atoms with van der Waals surface area (Å²) in [5, 5.41) is 14.0. The third-order valence-electron chi connectivity index (χ3n) is 5.94. The van der Waals surface area contributed by atoms with Crippen LogP contribution in [0.25, 0.3) is 10.9 Å². The Kier molecular flexibility index (Phi) is 5.73. The predicted molar refractivity (Wildman–Crippen MR) is 119 cm³/mol. The molecule has 2 aromatic carbocycles.